The Kier molecular flexibility index (Phi) is 5.03. The summed E-state index contributed by atoms with van der Waals surface area (Å²) in [6.07, 6.45) is 6.76. The smallest absolute Gasteiger partial charge is 0.135 e. The molecular weight excluding hydrogens is 472 g/mol. The largest absolute Gasteiger partial charge is 0.456 e. The maximum Gasteiger partial charge on any atom is 0.135 e. The van der Waals surface area contributed by atoms with Gasteiger partial charge in [0.2, 0.25) is 0 Å². The molecule has 0 unspecified atom stereocenters. The van der Waals surface area contributed by atoms with Crippen molar-refractivity contribution in [1.29, 1.82) is 0 Å². The van der Waals surface area contributed by atoms with Crippen LogP contribution in [-0.2, 0) is 6.42 Å². The molecule has 0 aliphatic heterocycles. The summed E-state index contributed by atoms with van der Waals surface area (Å²) in [6, 6.07) is 43.6. The molecule has 0 N–H and O–H groups in total. The van der Waals surface area contributed by atoms with Gasteiger partial charge in [-0.3, -0.25) is 0 Å². The van der Waals surface area contributed by atoms with E-state index in [2.05, 4.69) is 133 Å². The SMILES string of the molecule is C1=Cc2c(c(-c3ccc4oc5ccc(-c6ccccc6)cc5c4c3)c3ccccc3c2-c2ccccc2)CC1. The van der Waals surface area contributed by atoms with Gasteiger partial charge in [0.05, 0.1) is 0 Å². The number of fused-ring (bicyclic) bond motifs is 5. The molecule has 0 fully saturated rings. The van der Waals surface area contributed by atoms with Crippen molar-refractivity contribution in [2.45, 2.75) is 12.8 Å². The lowest BCUT2D eigenvalue weighted by molar-refractivity contribution is 0.669. The Bertz CT molecular complexity index is 2040. The molecule has 6 aromatic carbocycles. The molecule has 7 aromatic rings. The number of hydrogen-bond acceptors (Lipinski definition) is 1. The molecule has 0 radical (unpaired) electrons. The van der Waals surface area contributed by atoms with E-state index >= 15 is 0 Å². The summed E-state index contributed by atoms with van der Waals surface area (Å²) in [5.74, 6) is 0. The van der Waals surface area contributed by atoms with Gasteiger partial charge < -0.3 is 4.42 Å². The molecule has 1 heteroatoms. The van der Waals surface area contributed by atoms with Crippen molar-refractivity contribution in [2.24, 2.45) is 0 Å². The van der Waals surface area contributed by atoms with E-state index in [1.165, 1.54) is 55.3 Å². The molecule has 39 heavy (non-hydrogen) atoms. The van der Waals surface area contributed by atoms with Crippen molar-refractivity contribution in [3.05, 3.63) is 139 Å². The topological polar surface area (TPSA) is 13.1 Å². The number of furan rings is 1. The van der Waals surface area contributed by atoms with Crippen molar-refractivity contribution >= 4 is 38.8 Å². The summed E-state index contributed by atoms with van der Waals surface area (Å²) >= 11 is 0. The summed E-state index contributed by atoms with van der Waals surface area (Å²) in [4.78, 5) is 0. The van der Waals surface area contributed by atoms with Gasteiger partial charge in [-0.05, 0) is 92.4 Å². The predicted molar refractivity (Wildman–Crippen MR) is 165 cm³/mol. The van der Waals surface area contributed by atoms with Gasteiger partial charge in [-0.15, -0.1) is 0 Å². The van der Waals surface area contributed by atoms with Crippen LogP contribution in [0.3, 0.4) is 0 Å². The third kappa shape index (κ3) is 3.55. The highest BCUT2D eigenvalue weighted by Gasteiger charge is 2.22. The van der Waals surface area contributed by atoms with Crippen molar-refractivity contribution in [3.8, 4) is 33.4 Å². The first-order valence-corrected chi connectivity index (χ1v) is 13.7. The summed E-state index contributed by atoms with van der Waals surface area (Å²) in [5, 5.41) is 4.93. The maximum atomic E-state index is 6.30. The highest BCUT2D eigenvalue weighted by Crippen LogP contribution is 2.45. The van der Waals surface area contributed by atoms with E-state index in [0.717, 1.165) is 34.8 Å². The molecule has 1 aliphatic rings. The van der Waals surface area contributed by atoms with Crippen LogP contribution in [0.1, 0.15) is 17.5 Å². The van der Waals surface area contributed by atoms with E-state index in [1.54, 1.807) is 0 Å². The molecule has 0 amide bonds. The van der Waals surface area contributed by atoms with Gasteiger partial charge in [0.15, 0.2) is 0 Å². The zero-order valence-electron chi connectivity index (χ0n) is 21.5. The normalized spacial score (nSPS) is 12.8. The second-order valence-corrected chi connectivity index (χ2v) is 10.4. The molecule has 184 valence electrons. The summed E-state index contributed by atoms with van der Waals surface area (Å²) in [6.45, 7) is 0. The summed E-state index contributed by atoms with van der Waals surface area (Å²) in [5.41, 5.74) is 12.3. The number of hydrogen-bond donors (Lipinski definition) is 0. The fraction of sp³-hybridized carbons (Fsp3) is 0.0526. The van der Waals surface area contributed by atoms with Gasteiger partial charge in [0.25, 0.3) is 0 Å². The quantitative estimate of drug-likeness (QED) is 0.236. The maximum absolute atomic E-state index is 6.30. The van der Waals surface area contributed by atoms with Gasteiger partial charge in [-0.2, -0.15) is 0 Å². The lowest BCUT2D eigenvalue weighted by Crippen LogP contribution is -2.02. The van der Waals surface area contributed by atoms with E-state index in [4.69, 9.17) is 4.42 Å². The van der Waals surface area contributed by atoms with Gasteiger partial charge in [-0.25, -0.2) is 0 Å². The third-order valence-corrected chi connectivity index (χ3v) is 8.13. The van der Waals surface area contributed by atoms with Crippen molar-refractivity contribution in [1.82, 2.24) is 0 Å². The van der Waals surface area contributed by atoms with Crippen LogP contribution in [0, 0.1) is 0 Å². The number of rotatable bonds is 3. The average molecular weight is 499 g/mol. The van der Waals surface area contributed by atoms with E-state index in [0.29, 0.717) is 0 Å². The zero-order valence-corrected chi connectivity index (χ0v) is 21.5. The Morgan fingerprint density at radius 1 is 0.462 bits per heavy atom. The minimum Gasteiger partial charge on any atom is -0.456 e. The Hall–Kier alpha value is -4.88. The van der Waals surface area contributed by atoms with Crippen LogP contribution in [0.25, 0.3) is 72.2 Å². The summed E-state index contributed by atoms with van der Waals surface area (Å²) < 4.78 is 6.30. The zero-order chi connectivity index (χ0) is 25.8. The minimum absolute atomic E-state index is 0.927. The average Bonchev–Trinajstić information content (AvgIpc) is 3.38. The molecule has 8 rings (SSSR count). The lowest BCUT2D eigenvalue weighted by Gasteiger charge is -2.23. The molecule has 1 heterocycles. The second-order valence-electron chi connectivity index (χ2n) is 10.4. The Balaban J connectivity index is 1.41. The van der Waals surface area contributed by atoms with Gasteiger partial charge in [0, 0.05) is 10.8 Å². The van der Waals surface area contributed by atoms with Crippen molar-refractivity contribution in [3.63, 3.8) is 0 Å². The molecule has 0 spiro atoms. The Morgan fingerprint density at radius 2 is 1.05 bits per heavy atom. The van der Waals surface area contributed by atoms with Crippen LogP contribution in [0.5, 0.6) is 0 Å². The van der Waals surface area contributed by atoms with Crippen molar-refractivity contribution in [2.75, 3.05) is 0 Å². The monoisotopic (exact) mass is 498 g/mol. The first-order chi connectivity index (χ1) is 19.3. The molecule has 1 aromatic heterocycles. The molecule has 0 bridgehead atoms. The van der Waals surface area contributed by atoms with Crippen LogP contribution >= 0.6 is 0 Å². The fourth-order valence-corrected chi connectivity index (χ4v) is 6.37. The fourth-order valence-electron chi connectivity index (χ4n) is 6.37. The molecule has 0 atom stereocenters. The molecule has 0 saturated carbocycles. The van der Waals surface area contributed by atoms with Crippen LogP contribution in [-0.4, -0.2) is 0 Å². The first-order valence-electron chi connectivity index (χ1n) is 13.7. The van der Waals surface area contributed by atoms with Crippen LogP contribution in [0.4, 0.5) is 0 Å². The molecule has 1 nitrogen and oxygen atoms in total. The third-order valence-electron chi connectivity index (χ3n) is 8.13. The minimum atomic E-state index is 0.927. The predicted octanol–water partition coefficient (Wildman–Crippen LogP) is 10.7. The van der Waals surface area contributed by atoms with Gasteiger partial charge >= 0.3 is 0 Å². The molecule has 1 aliphatic carbocycles. The number of allylic oxidation sites excluding steroid dienone is 1. The molecule has 0 saturated heterocycles. The standard InChI is InChI=1S/C38H26O/c1-3-11-25(12-4-1)27-19-21-35-33(23-27)34-24-28(20-22-36(34)39-35)38-31-17-9-7-15-29(31)37(26-13-5-2-6-14-26)30-16-8-10-18-32(30)38/h1-9,11-17,19-24H,10,18H2. The van der Waals surface area contributed by atoms with Gasteiger partial charge in [-0.1, -0.05) is 109 Å². The Morgan fingerprint density at radius 3 is 1.77 bits per heavy atom. The summed E-state index contributed by atoms with van der Waals surface area (Å²) in [7, 11) is 0. The highest BCUT2D eigenvalue weighted by atomic mass is 16.3. The van der Waals surface area contributed by atoms with Crippen LogP contribution in [0.2, 0.25) is 0 Å². The van der Waals surface area contributed by atoms with E-state index in [1.807, 2.05) is 0 Å². The number of benzene rings is 6. The van der Waals surface area contributed by atoms with Crippen LogP contribution in [0.15, 0.2) is 132 Å². The van der Waals surface area contributed by atoms with E-state index < -0.39 is 0 Å². The second kappa shape index (κ2) is 8.85. The highest BCUT2D eigenvalue weighted by molar-refractivity contribution is 6.12. The van der Waals surface area contributed by atoms with E-state index in [-0.39, 0.29) is 0 Å². The molecular formula is C38H26O. The van der Waals surface area contributed by atoms with Gasteiger partial charge in [0.1, 0.15) is 11.2 Å². The van der Waals surface area contributed by atoms with Crippen molar-refractivity contribution < 1.29 is 4.42 Å². The van der Waals surface area contributed by atoms with E-state index in [9.17, 15) is 0 Å². The van der Waals surface area contributed by atoms with Crippen LogP contribution < -0.4 is 0 Å². The first kappa shape index (κ1) is 22.1. The Labute approximate surface area is 227 Å². The lowest BCUT2D eigenvalue weighted by atomic mass is 9.80.